The third-order valence-corrected chi connectivity index (χ3v) is 4.06. The molecule has 0 radical (unpaired) electrons. The maximum absolute atomic E-state index is 12.3. The van der Waals surface area contributed by atoms with Crippen molar-refractivity contribution in [3.8, 4) is 0 Å². The van der Waals surface area contributed by atoms with Crippen molar-refractivity contribution in [3.05, 3.63) is 69.6 Å². The Balaban J connectivity index is 1.91. The number of nitrogens with one attached hydrogen (secondary N) is 2. The molecule has 27 heavy (non-hydrogen) atoms. The van der Waals surface area contributed by atoms with Crippen LogP contribution in [0.2, 0.25) is 5.02 Å². The van der Waals surface area contributed by atoms with Gasteiger partial charge in [-0.25, -0.2) is 9.78 Å². The van der Waals surface area contributed by atoms with Crippen molar-refractivity contribution < 1.29 is 4.79 Å². The number of halogens is 1. The van der Waals surface area contributed by atoms with Crippen molar-refractivity contribution in [3.63, 3.8) is 0 Å². The molecule has 0 aliphatic heterocycles. The van der Waals surface area contributed by atoms with Crippen molar-refractivity contribution in [2.75, 3.05) is 5.32 Å². The third-order valence-electron chi connectivity index (χ3n) is 3.82. The molecule has 140 valence electrons. The molecule has 1 heterocycles. The number of anilines is 1. The van der Waals surface area contributed by atoms with Gasteiger partial charge in [0.15, 0.2) is 0 Å². The van der Waals surface area contributed by atoms with E-state index in [1.165, 1.54) is 6.20 Å². The van der Waals surface area contributed by atoms with E-state index < -0.39 is 0 Å². The summed E-state index contributed by atoms with van der Waals surface area (Å²) in [7, 11) is 0. The van der Waals surface area contributed by atoms with Gasteiger partial charge >= 0.3 is 6.03 Å². The molecule has 0 bridgehead atoms. The van der Waals surface area contributed by atoms with Crippen LogP contribution in [0, 0.1) is 0 Å². The molecular formula is C20H21ClN4O2. The first-order valence-electron chi connectivity index (χ1n) is 8.54. The van der Waals surface area contributed by atoms with E-state index in [0.29, 0.717) is 28.3 Å². The number of hydrogen-bond acceptors (Lipinski definition) is 3. The highest BCUT2D eigenvalue weighted by Gasteiger charge is 2.14. The lowest BCUT2D eigenvalue weighted by molar-refractivity contribution is 0.244. The minimum absolute atomic E-state index is 0.200. The van der Waals surface area contributed by atoms with E-state index in [1.54, 1.807) is 28.8 Å². The minimum atomic E-state index is -0.337. The number of amides is 2. The maximum atomic E-state index is 12.3. The van der Waals surface area contributed by atoms with E-state index in [-0.39, 0.29) is 17.1 Å². The Bertz CT molecular complexity index is 1050. The largest absolute Gasteiger partial charge is 0.333 e. The zero-order valence-corrected chi connectivity index (χ0v) is 16.2. The van der Waals surface area contributed by atoms with E-state index >= 15 is 0 Å². The lowest BCUT2D eigenvalue weighted by Crippen LogP contribution is -2.43. The molecule has 0 spiro atoms. The Kier molecular flexibility index (Phi) is 5.19. The van der Waals surface area contributed by atoms with Crippen molar-refractivity contribution >= 4 is 34.4 Å². The molecule has 0 aliphatic carbocycles. The van der Waals surface area contributed by atoms with Crippen LogP contribution in [-0.2, 0) is 6.54 Å². The fourth-order valence-electron chi connectivity index (χ4n) is 2.73. The van der Waals surface area contributed by atoms with Gasteiger partial charge in [-0.15, -0.1) is 0 Å². The highest BCUT2D eigenvalue weighted by atomic mass is 35.5. The van der Waals surface area contributed by atoms with E-state index in [0.717, 1.165) is 5.56 Å². The zero-order chi connectivity index (χ0) is 19.6. The van der Waals surface area contributed by atoms with Crippen LogP contribution < -0.4 is 16.2 Å². The standard InChI is InChI=1S/C20H21ClN4O2/c1-20(2,3)24-19(27)23-15-7-8-17-16(10-15)22-11-18(26)25(17)12-13-5-4-6-14(21)9-13/h4-11H,12H2,1-3H3,(H2,23,24,27). The number of aromatic nitrogens is 2. The summed E-state index contributed by atoms with van der Waals surface area (Å²) in [6.45, 7) is 6.10. The van der Waals surface area contributed by atoms with Gasteiger partial charge in [-0.05, 0) is 56.7 Å². The van der Waals surface area contributed by atoms with Crippen LogP contribution in [0.3, 0.4) is 0 Å². The number of urea groups is 1. The average molecular weight is 385 g/mol. The molecule has 2 aromatic carbocycles. The van der Waals surface area contributed by atoms with Gasteiger partial charge in [0.05, 0.1) is 23.8 Å². The van der Waals surface area contributed by atoms with Gasteiger partial charge in [0.2, 0.25) is 0 Å². The summed E-state index contributed by atoms with van der Waals surface area (Å²) < 4.78 is 1.63. The maximum Gasteiger partial charge on any atom is 0.319 e. The monoisotopic (exact) mass is 384 g/mol. The summed E-state index contributed by atoms with van der Waals surface area (Å²) >= 11 is 6.04. The lowest BCUT2D eigenvalue weighted by Gasteiger charge is -2.20. The third kappa shape index (κ3) is 4.86. The molecule has 1 aromatic heterocycles. The Labute approximate surface area is 162 Å². The molecule has 7 heteroatoms. The second-order valence-electron chi connectivity index (χ2n) is 7.35. The van der Waals surface area contributed by atoms with Crippen LogP contribution in [0.1, 0.15) is 26.3 Å². The Morgan fingerprint density at radius 1 is 1.19 bits per heavy atom. The lowest BCUT2D eigenvalue weighted by atomic mass is 10.1. The number of rotatable bonds is 3. The summed E-state index contributed by atoms with van der Waals surface area (Å²) in [5.74, 6) is 0. The highest BCUT2D eigenvalue weighted by Crippen LogP contribution is 2.18. The van der Waals surface area contributed by atoms with E-state index in [1.807, 2.05) is 39.0 Å². The fraction of sp³-hybridized carbons (Fsp3) is 0.250. The number of carbonyl (C=O) groups is 1. The minimum Gasteiger partial charge on any atom is -0.333 e. The molecule has 3 aromatic rings. The van der Waals surface area contributed by atoms with Gasteiger partial charge in [-0.3, -0.25) is 4.79 Å². The van der Waals surface area contributed by atoms with Crippen LogP contribution in [0.5, 0.6) is 0 Å². The predicted octanol–water partition coefficient (Wildman–Crippen LogP) is 4.02. The van der Waals surface area contributed by atoms with E-state index in [9.17, 15) is 9.59 Å². The van der Waals surface area contributed by atoms with Crippen molar-refractivity contribution in [2.24, 2.45) is 0 Å². The van der Waals surface area contributed by atoms with Crippen LogP contribution in [0.4, 0.5) is 10.5 Å². The number of hydrogen-bond donors (Lipinski definition) is 2. The summed E-state index contributed by atoms with van der Waals surface area (Å²) in [5, 5.41) is 6.24. The zero-order valence-electron chi connectivity index (χ0n) is 15.4. The molecule has 0 fully saturated rings. The van der Waals surface area contributed by atoms with Crippen LogP contribution in [0.25, 0.3) is 11.0 Å². The Hall–Kier alpha value is -2.86. The van der Waals surface area contributed by atoms with E-state index in [4.69, 9.17) is 11.6 Å². The molecule has 0 atom stereocenters. The molecule has 2 amide bonds. The first kappa shape index (κ1) is 18.9. The molecule has 0 unspecified atom stereocenters. The van der Waals surface area contributed by atoms with E-state index in [2.05, 4.69) is 15.6 Å². The van der Waals surface area contributed by atoms with Gasteiger partial charge in [0.25, 0.3) is 5.56 Å². The SMILES string of the molecule is CC(C)(C)NC(=O)Nc1ccc2c(c1)ncc(=O)n2Cc1cccc(Cl)c1. The molecule has 0 saturated heterocycles. The first-order chi connectivity index (χ1) is 12.7. The average Bonchev–Trinajstić information content (AvgIpc) is 2.56. The molecule has 0 saturated carbocycles. The molecular weight excluding hydrogens is 364 g/mol. The van der Waals surface area contributed by atoms with Crippen LogP contribution in [-0.4, -0.2) is 21.1 Å². The van der Waals surface area contributed by atoms with Gasteiger partial charge in [-0.2, -0.15) is 0 Å². The fourth-order valence-corrected chi connectivity index (χ4v) is 2.94. The van der Waals surface area contributed by atoms with Crippen LogP contribution in [0.15, 0.2) is 53.5 Å². The quantitative estimate of drug-likeness (QED) is 0.716. The van der Waals surface area contributed by atoms with Gasteiger partial charge in [0, 0.05) is 16.2 Å². The molecule has 0 aliphatic rings. The van der Waals surface area contributed by atoms with Gasteiger partial charge in [0.1, 0.15) is 0 Å². The van der Waals surface area contributed by atoms with Gasteiger partial charge < -0.3 is 15.2 Å². The van der Waals surface area contributed by atoms with Crippen molar-refractivity contribution in [2.45, 2.75) is 32.9 Å². The topological polar surface area (TPSA) is 76.0 Å². The summed E-state index contributed by atoms with van der Waals surface area (Å²) in [6.07, 6.45) is 1.28. The number of nitrogens with zero attached hydrogens (tertiary/aromatic N) is 2. The second kappa shape index (κ2) is 7.40. The number of carbonyl (C=O) groups excluding carboxylic acids is 1. The summed E-state index contributed by atoms with van der Waals surface area (Å²) in [6, 6.07) is 12.4. The summed E-state index contributed by atoms with van der Waals surface area (Å²) in [5.41, 5.74) is 2.29. The Morgan fingerprint density at radius 3 is 2.67 bits per heavy atom. The highest BCUT2D eigenvalue weighted by molar-refractivity contribution is 6.30. The number of fused-ring (bicyclic) bond motifs is 1. The van der Waals surface area contributed by atoms with Crippen molar-refractivity contribution in [1.29, 1.82) is 0 Å². The second-order valence-corrected chi connectivity index (χ2v) is 7.78. The number of benzene rings is 2. The first-order valence-corrected chi connectivity index (χ1v) is 8.92. The smallest absolute Gasteiger partial charge is 0.319 e. The molecule has 6 nitrogen and oxygen atoms in total. The molecule has 3 rings (SSSR count). The van der Waals surface area contributed by atoms with Gasteiger partial charge in [-0.1, -0.05) is 23.7 Å². The molecule has 2 N–H and O–H groups in total. The predicted molar refractivity (Wildman–Crippen MR) is 108 cm³/mol. The normalized spacial score (nSPS) is 11.4. The van der Waals surface area contributed by atoms with Crippen molar-refractivity contribution in [1.82, 2.24) is 14.9 Å². The Morgan fingerprint density at radius 2 is 1.96 bits per heavy atom. The summed E-state index contributed by atoms with van der Waals surface area (Å²) in [4.78, 5) is 28.6. The van der Waals surface area contributed by atoms with Crippen LogP contribution >= 0.6 is 11.6 Å².